The van der Waals surface area contributed by atoms with E-state index in [9.17, 15) is 14.5 Å². The molecule has 0 bridgehead atoms. The van der Waals surface area contributed by atoms with Crippen molar-refractivity contribution < 1.29 is 9.31 Å². The first-order chi connectivity index (χ1) is 13.1. The highest BCUT2D eigenvalue weighted by molar-refractivity contribution is 6.03. The zero-order valence-corrected chi connectivity index (χ0v) is 14.3. The smallest absolute Gasteiger partial charge is 0.258 e. The number of benzene rings is 3. The molecular weight excluding hydrogens is 345 g/mol. The zero-order valence-electron chi connectivity index (χ0n) is 14.3. The van der Waals surface area contributed by atoms with Crippen LogP contribution in [0.1, 0.15) is 23.6 Å². The quantitative estimate of drug-likeness (QED) is 0.480. The highest BCUT2D eigenvalue weighted by Crippen LogP contribution is 2.37. The Morgan fingerprint density at radius 2 is 1.74 bits per heavy atom. The summed E-state index contributed by atoms with van der Waals surface area (Å²) in [6.45, 7) is 0. The molecule has 0 spiro atoms. The first kappa shape index (κ1) is 16.9. The summed E-state index contributed by atoms with van der Waals surface area (Å²) in [6.07, 6.45) is 0.571. The molecule has 0 fully saturated rings. The Bertz CT molecular complexity index is 1000. The Hall–Kier alpha value is -3.54. The summed E-state index contributed by atoms with van der Waals surface area (Å²) in [4.78, 5) is 10.8. The molecule has 0 unspecified atom stereocenters. The van der Waals surface area contributed by atoms with Crippen LogP contribution in [0.25, 0.3) is 0 Å². The minimum Gasteiger partial charge on any atom is -0.258 e. The fourth-order valence-corrected chi connectivity index (χ4v) is 3.25. The summed E-state index contributed by atoms with van der Waals surface area (Å²) in [7, 11) is 0. The van der Waals surface area contributed by atoms with Gasteiger partial charge in [0.2, 0.25) is 0 Å². The molecule has 5 nitrogen and oxygen atoms in total. The number of hydrogen-bond acceptors (Lipinski definition) is 4. The third-order valence-corrected chi connectivity index (χ3v) is 4.57. The molecule has 0 radical (unpaired) electrons. The number of hydrogen-bond donors (Lipinski definition) is 0. The number of anilines is 1. The van der Waals surface area contributed by atoms with Crippen LogP contribution in [0, 0.1) is 15.9 Å². The molecular formula is C21H16FN3O2. The highest BCUT2D eigenvalue weighted by Gasteiger charge is 2.30. The Morgan fingerprint density at radius 1 is 1.00 bits per heavy atom. The van der Waals surface area contributed by atoms with E-state index in [0.29, 0.717) is 6.42 Å². The van der Waals surface area contributed by atoms with Crippen LogP contribution in [-0.4, -0.2) is 10.6 Å². The van der Waals surface area contributed by atoms with E-state index in [1.165, 1.54) is 18.2 Å². The molecule has 3 aromatic carbocycles. The second kappa shape index (κ2) is 6.99. The SMILES string of the molecule is O=[N+]([O-])c1cccc([C@@H]2CC(c3ccc(F)cc3)=NN2c2ccccc2)c1. The first-order valence-corrected chi connectivity index (χ1v) is 8.54. The number of hydrazone groups is 1. The van der Waals surface area contributed by atoms with Gasteiger partial charge in [-0.05, 0) is 35.4 Å². The van der Waals surface area contributed by atoms with Gasteiger partial charge in [-0.3, -0.25) is 15.1 Å². The van der Waals surface area contributed by atoms with Crippen molar-refractivity contribution in [1.29, 1.82) is 0 Å². The number of halogens is 1. The number of nitrogens with zero attached hydrogens (tertiary/aromatic N) is 3. The van der Waals surface area contributed by atoms with Crippen molar-refractivity contribution in [1.82, 2.24) is 0 Å². The third kappa shape index (κ3) is 3.42. The topological polar surface area (TPSA) is 58.7 Å². The molecule has 1 aliphatic heterocycles. The number of rotatable bonds is 4. The van der Waals surface area contributed by atoms with Gasteiger partial charge in [0.15, 0.2) is 0 Å². The Balaban J connectivity index is 1.75. The highest BCUT2D eigenvalue weighted by atomic mass is 19.1. The Kier molecular flexibility index (Phi) is 4.38. The van der Waals surface area contributed by atoms with E-state index in [-0.39, 0.29) is 17.5 Å². The normalized spacial score (nSPS) is 16.3. The summed E-state index contributed by atoms with van der Waals surface area (Å²) in [5.41, 5.74) is 3.41. The minimum absolute atomic E-state index is 0.0516. The van der Waals surface area contributed by atoms with Crippen LogP contribution in [0.3, 0.4) is 0 Å². The van der Waals surface area contributed by atoms with Crippen LogP contribution in [-0.2, 0) is 0 Å². The second-order valence-corrected chi connectivity index (χ2v) is 6.31. The predicted molar refractivity (Wildman–Crippen MR) is 102 cm³/mol. The molecule has 4 rings (SSSR count). The molecule has 1 aliphatic rings. The summed E-state index contributed by atoms with van der Waals surface area (Å²) < 4.78 is 13.3. The van der Waals surface area contributed by atoms with Gasteiger partial charge in [-0.15, -0.1) is 0 Å². The van der Waals surface area contributed by atoms with Gasteiger partial charge in [0.1, 0.15) is 5.82 Å². The largest absolute Gasteiger partial charge is 0.269 e. The average molecular weight is 361 g/mol. The van der Waals surface area contributed by atoms with E-state index < -0.39 is 4.92 Å². The maximum absolute atomic E-state index is 13.3. The maximum atomic E-state index is 13.3. The van der Waals surface area contributed by atoms with Crippen molar-refractivity contribution in [2.45, 2.75) is 12.5 Å². The molecule has 1 atom stereocenters. The number of nitro groups is 1. The van der Waals surface area contributed by atoms with Crippen LogP contribution in [0.15, 0.2) is 84.0 Å². The summed E-state index contributed by atoms with van der Waals surface area (Å²) in [5, 5.41) is 17.8. The van der Waals surface area contributed by atoms with Crippen molar-refractivity contribution >= 4 is 17.1 Å². The van der Waals surface area contributed by atoms with Crippen molar-refractivity contribution in [3.8, 4) is 0 Å². The van der Waals surface area contributed by atoms with Crippen molar-refractivity contribution in [2.75, 3.05) is 5.01 Å². The maximum Gasteiger partial charge on any atom is 0.269 e. The van der Waals surface area contributed by atoms with Crippen LogP contribution >= 0.6 is 0 Å². The molecule has 0 saturated heterocycles. The molecule has 0 aliphatic carbocycles. The lowest BCUT2D eigenvalue weighted by Crippen LogP contribution is -2.18. The van der Waals surface area contributed by atoms with E-state index in [1.54, 1.807) is 24.3 Å². The average Bonchev–Trinajstić information content (AvgIpc) is 3.15. The van der Waals surface area contributed by atoms with Crippen molar-refractivity contribution in [3.05, 3.63) is 106 Å². The zero-order chi connectivity index (χ0) is 18.8. The molecule has 6 heteroatoms. The lowest BCUT2D eigenvalue weighted by molar-refractivity contribution is -0.384. The van der Waals surface area contributed by atoms with Crippen molar-refractivity contribution in [2.24, 2.45) is 5.10 Å². The van der Waals surface area contributed by atoms with E-state index in [2.05, 4.69) is 0 Å². The van der Waals surface area contributed by atoms with Crippen LogP contribution < -0.4 is 5.01 Å². The van der Waals surface area contributed by atoms with Crippen molar-refractivity contribution in [3.63, 3.8) is 0 Å². The van der Waals surface area contributed by atoms with Crippen LogP contribution in [0.2, 0.25) is 0 Å². The minimum atomic E-state index is -0.396. The summed E-state index contributed by atoms with van der Waals surface area (Å²) in [5.74, 6) is -0.299. The van der Waals surface area contributed by atoms with Crippen LogP contribution in [0.4, 0.5) is 15.8 Å². The molecule has 0 N–H and O–H groups in total. The van der Waals surface area contributed by atoms with Gasteiger partial charge in [-0.2, -0.15) is 5.10 Å². The molecule has 1 heterocycles. The van der Waals surface area contributed by atoms with E-state index in [1.807, 2.05) is 41.4 Å². The molecule has 3 aromatic rings. The lowest BCUT2D eigenvalue weighted by Gasteiger charge is -2.23. The first-order valence-electron chi connectivity index (χ1n) is 8.54. The third-order valence-electron chi connectivity index (χ3n) is 4.57. The van der Waals surface area contributed by atoms with E-state index in [0.717, 1.165) is 22.5 Å². The predicted octanol–water partition coefficient (Wildman–Crippen LogP) is 5.09. The summed E-state index contributed by atoms with van der Waals surface area (Å²) in [6, 6.07) is 22.3. The molecule has 0 aromatic heterocycles. The summed E-state index contributed by atoms with van der Waals surface area (Å²) >= 11 is 0. The fourth-order valence-electron chi connectivity index (χ4n) is 3.25. The van der Waals surface area contributed by atoms with Crippen LogP contribution in [0.5, 0.6) is 0 Å². The number of para-hydroxylation sites is 1. The Morgan fingerprint density at radius 3 is 2.44 bits per heavy atom. The van der Waals surface area contributed by atoms with Gasteiger partial charge in [0.25, 0.3) is 5.69 Å². The monoisotopic (exact) mass is 361 g/mol. The van der Waals surface area contributed by atoms with Gasteiger partial charge in [0, 0.05) is 18.6 Å². The molecule has 0 saturated carbocycles. The number of nitro benzene ring substituents is 1. The van der Waals surface area contributed by atoms with E-state index >= 15 is 0 Å². The second-order valence-electron chi connectivity index (χ2n) is 6.31. The number of non-ortho nitro benzene ring substituents is 1. The standard InChI is InChI=1S/C21H16FN3O2/c22-17-11-9-15(10-12-17)20-14-21(16-5-4-8-19(13-16)25(26)27)24(23-20)18-6-2-1-3-7-18/h1-13,21H,14H2/t21-/m0/s1. The lowest BCUT2D eigenvalue weighted by atomic mass is 9.98. The van der Waals surface area contributed by atoms with E-state index in [4.69, 9.17) is 5.10 Å². The molecule has 0 amide bonds. The fraction of sp³-hybridized carbons (Fsp3) is 0.0952. The van der Waals surface area contributed by atoms with Gasteiger partial charge >= 0.3 is 0 Å². The van der Waals surface area contributed by atoms with Gasteiger partial charge in [-0.25, -0.2) is 4.39 Å². The van der Waals surface area contributed by atoms with Gasteiger partial charge in [0.05, 0.1) is 22.4 Å². The van der Waals surface area contributed by atoms with Gasteiger partial charge < -0.3 is 0 Å². The Labute approximate surface area is 155 Å². The molecule has 134 valence electrons. The molecule has 27 heavy (non-hydrogen) atoms. The van der Waals surface area contributed by atoms with Gasteiger partial charge in [-0.1, -0.05) is 42.5 Å².